The zero-order chi connectivity index (χ0) is 27.8. The van der Waals surface area contributed by atoms with E-state index < -0.39 is 24.5 Å². The first-order chi connectivity index (χ1) is 18.0. The van der Waals surface area contributed by atoms with Crippen LogP contribution in [0.1, 0.15) is 0 Å². The van der Waals surface area contributed by atoms with Gasteiger partial charge in [0.15, 0.2) is 0 Å². The Bertz CT molecular complexity index is 583. The second-order valence-electron chi connectivity index (χ2n) is 6.85. The molecule has 0 saturated carbocycles. The fourth-order valence-corrected chi connectivity index (χ4v) is 2.58. The van der Waals surface area contributed by atoms with Gasteiger partial charge in [0.1, 0.15) is 0 Å². The summed E-state index contributed by atoms with van der Waals surface area (Å²) in [5.74, 6) is -3.87. The smallest absolute Gasteiger partial charge is 0.338 e. The molecule has 0 aliphatic rings. The van der Waals surface area contributed by atoms with E-state index in [1.54, 1.807) is 0 Å². The van der Waals surface area contributed by atoms with Crippen molar-refractivity contribution in [3.05, 3.63) is 101 Å². The molecule has 0 saturated heterocycles. The van der Waals surface area contributed by atoms with Crippen LogP contribution in [-0.2, 0) is 42.6 Å². The van der Waals surface area contributed by atoms with E-state index in [4.69, 9.17) is 42.6 Å². The molecule has 0 aliphatic heterocycles. The summed E-state index contributed by atoms with van der Waals surface area (Å²) in [6.45, 7) is 29.7. The van der Waals surface area contributed by atoms with Gasteiger partial charge in [0.2, 0.25) is 12.6 Å². The Kier molecular flexibility index (Phi) is 20.2. The van der Waals surface area contributed by atoms with E-state index in [2.05, 4.69) is 52.6 Å². The van der Waals surface area contributed by atoms with Gasteiger partial charge in [-0.3, -0.25) is 0 Å². The molecule has 0 aromatic carbocycles. The van der Waals surface area contributed by atoms with Crippen LogP contribution in [0, 0.1) is 0 Å². The summed E-state index contributed by atoms with van der Waals surface area (Å²) >= 11 is 0. The molecule has 0 heterocycles. The molecule has 37 heavy (non-hydrogen) atoms. The van der Waals surface area contributed by atoms with Crippen molar-refractivity contribution in [2.75, 3.05) is 52.9 Å². The molecule has 0 spiro atoms. The van der Waals surface area contributed by atoms with Gasteiger partial charge in [0.05, 0.1) is 52.9 Å². The highest BCUT2D eigenvalue weighted by atomic mass is 16.9. The van der Waals surface area contributed by atoms with Crippen LogP contribution in [0.4, 0.5) is 0 Å². The number of hydrogen-bond acceptors (Lipinski definition) is 9. The van der Waals surface area contributed by atoms with Gasteiger partial charge in [-0.25, -0.2) is 0 Å². The minimum Gasteiger partial charge on any atom is -0.341 e. The van der Waals surface area contributed by atoms with E-state index in [0.717, 1.165) is 0 Å². The Morgan fingerprint density at radius 3 is 0.784 bits per heavy atom. The highest BCUT2D eigenvalue weighted by molar-refractivity contribution is 4.81. The number of ether oxygens (including phenoxy) is 9. The summed E-state index contributed by atoms with van der Waals surface area (Å²) in [5, 5.41) is 0. The topological polar surface area (TPSA) is 83.1 Å². The van der Waals surface area contributed by atoms with Crippen LogP contribution in [0.3, 0.4) is 0 Å². The van der Waals surface area contributed by atoms with Crippen LogP contribution in [0.2, 0.25) is 0 Å². The molecule has 208 valence electrons. The Morgan fingerprint density at radius 2 is 0.595 bits per heavy atom. The van der Waals surface area contributed by atoms with E-state index in [-0.39, 0.29) is 52.9 Å². The van der Waals surface area contributed by atoms with Crippen molar-refractivity contribution in [2.24, 2.45) is 0 Å². The van der Waals surface area contributed by atoms with E-state index in [1.165, 1.54) is 48.6 Å². The maximum atomic E-state index is 6.27. The van der Waals surface area contributed by atoms with Gasteiger partial charge in [-0.05, 0) is 0 Å². The van der Waals surface area contributed by atoms with Crippen LogP contribution < -0.4 is 0 Å². The third kappa shape index (κ3) is 12.6. The zero-order valence-electron chi connectivity index (χ0n) is 21.8. The summed E-state index contributed by atoms with van der Waals surface area (Å²) in [5.41, 5.74) is 0. The highest BCUT2D eigenvalue weighted by Crippen LogP contribution is 2.32. The van der Waals surface area contributed by atoms with Gasteiger partial charge in [0, 0.05) is 0 Å². The van der Waals surface area contributed by atoms with E-state index >= 15 is 0 Å². The number of rotatable bonds is 28. The molecule has 0 aromatic heterocycles. The average Bonchev–Trinajstić information content (AvgIpc) is 2.92. The van der Waals surface area contributed by atoms with Gasteiger partial charge in [-0.15, -0.1) is 52.6 Å². The quantitative estimate of drug-likeness (QED) is 0.108. The summed E-state index contributed by atoms with van der Waals surface area (Å²) in [4.78, 5) is 0. The Morgan fingerprint density at radius 1 is 0.378 bits per heavy atom. The lowest BCUT2D eigenvalue weighted by Crippen LogP contribution is -2.59. The van der Waals surface area contributed by atoms with Gasteiger partial charge in [0.25, 0.3) is 0 Å². The Balaban J connectivity index is 6.76. The van der Waals surface area contributed by atoms with Crippen LogP contribution in [-0.4, -0.2) is 77.4 Å². The van der Waals surface area contributed by atoms with Crippen molar-refractivity contribution in [1.29, 1.82) is 0 Å². The minimum absolute atomic E-state index is 0.0157. The van der Waals surface area contributed by atoms with Gasteiger partial charge in [-0.1, -0.05) is 48.6 Å². The predicted molar refractivity (Wildman–Crippen MR) is 143 cm³/mol. The maximum Gasteiger partial charge on any atom is 0.338 e. The van der Waals surface area contributed by atoms with Crippen LogP contribution in [0.25, 0.3) is 0 Å². The fourth-order valence-electron chi connectivity index (χ4n) is 2.58. The van der Waals surface area contributed by atoms with Gasteiger partial charge < -0.3 is 42.6 Å². The second kappa shape index (κ2) is 21.6. The molecule has 2 unspecified atom stereocenters. The van der Waals surface area contributed by atoms with Crippen molar-refractivity contribution in [2.45, 2.75) is 24.5 Å². The van der Waals surface area contributed by atoms with Crippen molar-refractivity contribution < 1.29 is 42.6 Å². The Labute approximate surface area is 221 Å². The summed E-state index contributed by atoms with van der Waals surface area (Å²) in [7, 11) is 0. The van der Waals surface area contributed by atoms with Crippen molar-refractivity contribution >= 4 is 0 Å². The molecule has 0 N–H and O–H groups in total. The molecule has 0 aromatic rings. The standard InChI is InChI=1S/C28H42O9/c1-9-17-29-25(27(31-19-11-3,32-20-12-4)33-21-13-5)37-26(30-18-10-2)28(34-22-14-6,35-23-15-7)36-24-16-8/h9-16,25-26H,1-8,17-24H2. The van der Waals surface area contributed by atoms with Gasteiger partial charge >= 0.3 is 11.9 Å². The monoisotopic (exact) mass is 522 g/mol. The van der Waals surface area contributed by atoms with Crippen molar-refractivity contribution in [3.8, 4) is 0 Å². The van der Waals surface area contributed by atoms with E-state index in [0.29, 0.717) is 0 Å². The van der Waals surface area contributed by atoms with E-state index in [1.807, 2.05) is 0 Å². The third-order valence-corrected chi connectivity index (χ3v) is 3.97. The lowest BCUT2D eigenvalue weighted by Gasteiger charge is -2.43. The lowest BCUT2D eigenvalue weighted by atomic mass is 10.4. The first kappa shape index (κ1) is 34.6. The Hall–Kier alpha value is -2.44. The molecular formula is C28H42O9. The van der Waals surface area contributed by atoms with Crippen LogP contribution in [0.15, 0.2) is 101 Å². The van der Waals surface area contributed by atoms with Crippen LogP contribution in [0.5, 0.6) is 0 Å². The first-order valence-electron chi connectivity index (χ1n) is 11.6. The number of hydrogen-bond donors (Lipinski definition) is 0. The lowest BCUT2D eigenvalue weighted by molar-refractivity contribution is -0.503. The summed E-state index contributed by atoms with van der Waals surface area (Å²) < 4.78 is 53.6. The molecular weight excluding hydrogens is 480 g/mol. The fraction of sp³-hybridized carbons (Fsp3) is 0.429. The first-order valence-corrected chi connectivity index (χ1v) is 11.6. The summed E-state index contributed by atoms with van der Waals surface area (Å²) in [6, 6.07) is 0. The molecule has 0 aliphatic carbocycles. The highest BCUT2D eigenvalue weighted by Gasteiger charge is 2.52. The average molecular weight is 523 g/mol. The zero-order valence-corrected chi connectivity index (χ0v) is 21.8. The van der Waals surface area contributed by atoms with Crippen molar-refractivity contribution in [1.82, 2.24) is 0 Å². The second-order valence-corrected chi connectivity index (χ2v) is 6.85. The molecule has 0 amide bonds. The third-order valence-electron chi connectivity index (χ3n) is 3.97. The molecule has 2 atom stereocenters. The molecule has 9 heteroatoms. The molecule has 0 radical (unpaired) electrons. The van der Waals surface area contributed by atoms with Crippen LogP contribution >= 0.6 is 0 Å². The normalized spacial score (nSPS) is 13.2. The predicted octanol–water partition coefficient (Wildman–Crippen LogP) is 4.58. The largest absolute Gasteiger partial charge is 0.341 e. The molecule has 0 rings (SSSR count). The molecule has 9 nitrogen and oxygen atoms in total. The SMILES string of the molecule is C=CCOC(OC(OCC=C)C(OCC=C)(OCC=C)OCC=C)C(OCC=C)(OCC=C)OCC=C. The van der Waals surface area contributed by atoms with E-state index in [9.17, 15) is 0 Å². The molecule has 0 bridgehead atoms. The molecule has 0 fully saturated rings. The van der Waals surface area contributed by atoms with Crippen molar-refractivity contribution in [3.63, 3.8) is 0 Å². The maximum absolute atomic E-state index is 6.27. The van der Waals surface area contributed by atoms with Gasteiger partial charge in [-0.2, -0.15) is 0 Å². The summed E-state index contributed by atoms with van der Waals surface area (Å²) in [6.07, 6.45) is 9.27. The minimum atomic E-state index is -1.93.